The molecule has 8 heteroatoms. The molecule has 1 aliphatic carbocycles. The van der Waals surface area contributed by atoms with Crippen LogP contribution >= 0.6 is 0 Å². The Morgan fingerprint density at radius 1 is 1.36 bits per heavy atom. The number of rotatable bonds is 4. The summed E-state index contributed by atoms with van der Waals surface area (Å²) in [5.41, 5.74) is 0.145. The molecule has 8 nitrogen and oxygen atoms in total. The predicted molar refractivity (Wildman–Crippen MR) is 99.6 cm³/mol. The van der Waals surface area contributed by atoms with Gasteiger partial charge in [0, 0.05) is 25.0 Å². The largest absolute Gasteiger partial charge is 0.469 e. The first-order chi connectivity index (χ1) is 13.3. The van der Waals surface area contributed by atoms with Crippen LogP contribution in [-0.2, 0) is 10.2 Å². The Kier molecular flexibility index (Phi) is 4.51. The molecule has 2 aliphatic rings. The Hall–Kier alpha value is -2.64. The van der Waals surface area contributed by atoms with Crippen molar-refractivity contribution in [3.63, 3.8) is 0 Å². The summed E-state index contributed by atoms with van der Waals surface area (Å²) in [4.78, 5) is 31.6. The van der Waals surface area contributed by atoms with Gasteiger partial charge in [0.15, 0.2) is 5.82 Å². The first kappa shape index (κ1) is 18.7. The molecule has 4 rings (SSSR count). The highest BCUT2D eigenvalue weighted by Gasteiger charge is 2.58. The van der Waals surface area contributed by atoms with Crippen molar-refractivity contribution in [2.45, 2.75) is 52.0 Å². The van der Waals surface area contributed by atoms with Crippen LogP contribution in [0.3, 0.4) is 0 Å². The number of carbonyl (C=O) groups excluding carboxylic acids is 2. The van der Waals surface area contributed by atoms with Crippen LogP contribution in [-0.4, -0.2) is 46.0 Å². The molecule has 0 unspecified atom stereocenters. The van der Waals surface area contributed by atoms with Gasteiger partial charge >= 0.3 is 0 Å². The minimum absolute atomic E-state index is 0.0182. The highest BCUT2D eigenvalue weighted by Crippen LogP contribution is 2.50. The summed E-state index contributed by atoms with van der Waals surface area (Å²) in [6.45, 7) is 8.59. The molecule has 150 valence electrons. The second-order valence-corrected chi connectivity index (χ2v) is 8.37. The van der Waals surface area contributed by atoms with Crippen LogP contribution in [0.2, 0.25) is 0 Å². The summed E-state index contributed by atoms with van der Waals surface area (Å²) in [5, 5.41) is 7.10. The summed E-state index contributed by atoms with van der Waals surface area (Å²) in [5.74, 6) is 1.88. The smallest absolute Gasteiger partial charge is 0.255 e. The van der Waals surface area contributed by atoms with E-state index in [0.29, 0.717) is 42.5 Å². The highest BCUT2D eigenvalue weighted by atomic mass is 16.5. The lowest BCUT2D eigenvalue weighted by molar-refractivity contribution is -0.133. The lowest BCUT2D eigenvalue weighted by Crippen LogP contribution is -2.40. The quantitative estimate of drug-likeness (QED) is 0.865. The minimum Gasteiger partial charge on any atom is -0.469 e. The standard InChI is InChI=1S/C20H26N4O4/c1-11(2)18(26)24-9-14-7-15(22-17(25)16-5-6-27-12(16)3)8-20(14,10-24)19-21-13(4)23-28-19/h5-6,11,14-15H,7-10H2,1-4H3,(H,22,25)/t14-,15+,20-/m0/s1. The SMILES string of the molecule is Cc1noc([C@]23C[C@H](NC(=O)c4ccoc4C)C[C@H]2CN(C(=O)C(C)C)C3)n1. The van der Waals surface area contributed by atoms with Crippen LogP contribution in [0.4, 0.5) is 0 Å². The maximum absolute atomic E-state index is 12.6. The summed E-state index contributed by atoms with van der Waals surface area (Å²) >= 11 is 0. The van der Waals surface area contributed by atoms with Crippen LogP contribution < -0.4 is 5.32 Å². The Bertz CT molecular complexity index is 902. The minimum atomic E-state index is -0.408. The number of fused-ring (bicyclic) bond motifs is 1. The van der Waals surface area contributed by atoms with Gasteiger partial charge in [-0.15, -0.1) is 0 Å². The van der Waals surface area contributed by atoms with Gasteiger partial charge in [-0.25, -0.2) is 0 Å². The maximum atomic E-state index is 12.6. The van der Waals surface area contributed by atoms with Gasteiger partial charge in [-0.1, -0.05) is 19.0 Å². The van der Waals surface area contributed by atoms with Gasteiger partial charge in [0.2, 0.25) is 11.8 Å². The van der Waals surface area contributed by atoms with Crippen LogP contribution in [0.25, 0.3) is 0 Å². The summed E-state index contributed by atoms with van der Waals surface area (Å²) in [6, 6.07) is 1.66. The molecular weight excluding hydrogens is 360 g/mol. The van der Waals surface area contributed by atoms with E-state index in [4.69, 9.17) is 8.94 Å². The van der Waals surface area contributed by atoms with E-state index >= 15 is 0 Å². The van der Waals surface area contributed by atoms with E-state index in [9.17, 15) is 9.59 Å². The Morgan fingerprint density at radius 2 is 2.14 bits per heavy atom. The third-order valence-corrected chi connectivity index (χ3v) is 6.07. The second kappa shape index (κ2) is 6.76. The molecule has 1 aliphatic heterocycles. The molecule has 0 bridgehead atoms. The van der Waals surface area contributed by atoms with Crippen LogP contribution in [0.1, 0.15) is 54.5 Å². The van der Waals surface area contributed by atoms with E-state index in [1.807, 2.05) is 18.7 Å². The number of nitrogens with zero attached hydrogens (tertiary/aromatic N) is 3. The zero-order valence-electron chi connectivity index (χ0n) is 16.7. The lowest BCUT2D eigenvalue weighted by Gasteiger charge is -2.26. The third-order valence-electron chi connectivity index (χ3n) is 6.07. The summed E-state index contributed by atoms with van der Waals surface area (Å²) < 4.78 is 10.8. The van der Waals surface area contributed by atoms with Crippen molar-refractivity contribution in [2.24, 2.45) is 11.8 Å². The molecule has 2 amide bonds. The van der Waals surface area contributed by atoms with Crippen molar-refractivity contribution in [3.8, 4) is 0 Å². The number of amides is 2. The summed E-state index contributed by atoms with van der Waals surface area (Å²) in [7, 11) is 0. The molecular formula is C20H26N4O4. The maximum Gasteiger partial charge on any atom is 0.255 e. The number of hydrogen-bond acceptors (Lipinski definition) is 6. The van der Waals surface area contributed by atoms with Gasteiger partial charge in [-0.2, -0.15) is 4.98 Å². The van der Waals surface area contributed by atoms with E-state index in [0.717, 1.165) is 6.42 Å². The average Bonchev–Trinajstić information content (AvgIpc) is 3.37. The topological polar surface area (TPSA) is 101 Å². The number of aromatic nitrogens is 2. The van der Waals surface area contributed by atoms with Crippen molar-refractivity contribution in [2.75, 3.05) is 13.1 Å². The van der Waals surface area contributed by atoms with Gasteiger partial charge in [-0.3, -0.25) is 9.59 Å². The van der Waals surface area contributed by atoms with Crippen LogP contribution in [0, 0.1) is 25.7 Å². The number of furan rings is 1. The fourth-order valence-electron chi connectivity index (χ4n) is 4.73. The predicted octanol–water partition coefficient (Wildman–Crippen LogP) is 2.22. The van der Waals surface area contributed by atoms with Crippen LogP contribution in [0.5, 0.6) is 0 Å². The number of hydrogen-bond donors (Lipinski definition) is 1. The van der Waals surface area contributed by atoms with Crippen molar-refractivity contribution in [1.29, 1.82) is 0 Å². The highest BCUT2D eigenvalue weighted by molar-refractivity contribution is 5.95. The molecule has 1 saturated heterocycles. The Balaban J connectivity index is 1.57. The number of nitrogens with one attached hydrogen (secondary N) is 1. The van der Waals surface area contributed by atoms with Crippen molar-refractivity contribution in [3.05, 3.63) is 35.4 Å². The molecule has 1 saturated carbocycles. The van der Waals surface area contributed by atoms with Crippen LogP contribution in [0.15, 0.2) is 21.3 Å². The van der Waals surface area contributed by atoms with Crippen molar-refractivity contribution in [1.82, 2.24) is 20.4 Å². The van der Waals surface area contributed by atoms with Gasteiger partial charge in [0.1, 0.15) is 5.76 Å². The molecule has 0 radical (unpaired) electrons. The molecule has 0 spiro atoms. The number of likely N-dealkylation sites (tertiary alicyclic amines) is 1. The van der Waals surface area contributed by atoms with E-state index in [2.05, 4.69) is 15.5 Å². The summed E-state index contributed by atoms with van der Waals surface area (Å²) in [6.07, 6.45) is 2.96. The first-order valence-electron chi connectivity index (χ1n) is 9.74. The molecule has 3 atom stereocenters. The van der Waals surface area contributed by atoms with Crippen molar-refractivity contribution >= 4 is 11.8 Å². The zero-order valence-corrected chi connectivity index (χ0v) is 16.7. The van der Waals surface area contributed by atoms with E-state index in [1.54, 1.807) is 19.9 Å². The van der Waals surface area contributed by atoms with Gasteiger partial charge in [0.25, 0.3) is 5.91 Å². The molecule has 28 heavy (non-hydrogen) atoms. The van der Waals surface area contributed by atoms with E-state index in [1.165, 1.54) is 6.26 Å². The average molecular weight is 386 g/mol. The first-order valence-corrected chi connectivity index (χ1v) is 9.74. The zero-order chi connectivity index (χ0) is 20.1. The normalized spacial score (nSPS) is 26.7. The Morgan fingerprint density at radius 3 is 2.75 bits per heavy atom. The fourth-order valence-corrected chi connectivity index (χ4v) is 4.73. The van der Waals surface area contributed by atoms with Gasteiger partial charge in [0.05, 0.1) is 17.2 Å². The third kappa shape index (κ3) is 3.00. The van der Waals surface area contributed by atoms with Gasteiger partial charge < -0.3 is 19.2 Å². The van der Waals surface area contributed by atoms with E-state index in [-0.39, 0.29) is 29.7 Å². The molecule has 1 N–H and O–H groups in total. The monoisotopic (exact) mass is 386 g/mol. The molecule has 2 fully saturated rings. The lowest BCUT2D eigenvalue weighted by atomic mass is 9.80. The van der Waals surface area contributed by atoms with Crippen molar-refractivity contribution < 1.29 is 18.5 Å². The Labute approximate surface area is 163 Å². The second-order valence-electron chi connectivity index (χ2n) is 8.37. The van der Waals surface area contributed by atoms with E-state index < -0.39 is 5.41 Å². The molecule has 3 heterocycles. The molecule has 2 aromatic heterocycles. The number of carbonyl (C=O) groups is 2. The molecule has 0 aromatic carbocycles. The fraction of sp³-hybridized carbons (Fsp3) is 0.600. The number of aryl methyl sites for hydroxylation is 2. The molecule has 2 aromatic rings. The van der Waals surface area contributed by atoms with Gasteiger partial charge in [-0.05, 0) is 38.7 Å².